The molecule has 1 aromatic rings. The Labute approximate surface area is 131 Å². The fraction of sp³-hybridized carbons (Fsp3) is 0.500. The van der Waals surface area contributed by atoms with Crippen molar-refractivity contribution in [3.05, 3.63) is 29.8 Å². The van der Waals surface area contributed by atoms with Gasteiger partial charge in [-0.15, -0.1) is 11.8 Å². The van der Waals surface area contributed by atoms with Gasteiger partial charge < -0.3 is 10.6 Å². The van der Waals surface area contributed by atoms with E-state index in [1.54, 1.807) is 0 Å². The van der Waals surface area contributed by atoms with Gasteiger partial charge in [0.05, 0.1) is 11.5 Å². The smallest absolute Gasteiger partial charge is 0.234 e. The van der Waals surface area contributed by atoms with E-state index in [-0.39, 0.29) is 23.6 Å². The Kier molecular flexibility index (Phi) is 7.29. The third kappa shape index (κ3) is 7.18. The monoisotopic (exact) mass is 308 g/mol. The summed E-state index contributed by atoms with van der Waals surface area (Å²) in [6, 6.07) is 7.80. The fourth-order valence-electron chi connectivity index (χ4n) is 1.62. The van der Waals surface area contributed by atoms with Gasteiger partial charge >= 0.3 is 0 Å². The molecule has 0 spiro atoms. The highest BCUT2D eigenvalue weighted by atomic mass is 32.2. The van der Waals surface area contributed by atoms with E-state index in [1.807, 2.05) is 38.1 Å². The molecule has 4 nitrogen and oxygen atoms in total. The molecule has 0 aliphatic heterocycles. The molecule has 0 saturated heterocycles. The Bertz CT molecular complexity index is 489. The van der Waals surface area contributed by atoms with Gasteiger partial charge in [0.2, 0.25) is 11.8 Å². The Morgan fingerprint density at radius 2 is 1.81 bits per heavy atom. The number of carbonyl (C=O) groups excluding carboxylic acids is 2. The van der Waals surface area contributed by atoms with Crippen molar-refractivity contribution in [3.63, 3.8) is 0 Å². The lowest BCUT2D eigenvalue weighted by molar-refractivity contribution is -0.119. The minimum atomic E-state index is -0.0877. The lowest BCUT2D eigenvalue weighted by atomic mass is 10.1. The van der Waals surface area contributed by atoms with E-state index < -0.39 is 0 Å². The third-order valence-electron chi connectivity index (χ3n) is 3.16. The van der Waals surface area contributed by atoms with E-state index in [9.17, 15) is 9.59 Å². The second-order valence-electron chi connectivity index (χ2n) is 5.51. The molecule has 0 radical (unpaired) electrons. The maximum absolute atomic E-state index is 11.8. The molecule has 1 unspecified atom stereocenters. The summed E-state index contributed by atoms with van der Waals surface area (Å²) in [7, 11) is 0. The highest BCUT2D eigenvalue weighted by Gasteiger charge is 2.11. The molecule has 0 saturated carbocycles. The van der Waals surface area contributed by atoms with E-state index in [2.05, 4.69) is 24.5 Å². The summed E-state index contributed by atoms with van der Waals surface area (Å²) in [5, 5.41) is 5.74. The SMILES string of the molecule is Cc1cccc(NC(=O)CSCC(=O)NC(C)C(C)C)c1. The van der Waals surface area contributed by atoms with Crippen LogP contribution < -0.4 is 10.6 Å². The van der Waals surface area contributed by atoms with Crippen molar-refractivity contribution < 1.29 is 9.59 Å². The average Bonchev–Trinajstić information content (AvgIpc) is 2.38. The molecule has 1 rings (SSSR count). The molecule has 0 fully saturated rings. The van der Waals surface area contributed by atoms with Crippen molar-refractivity contribution in [2.45, 2.75) is 33.7 Å². The number of amides is 2. The maximum Gasteiger partial charge on any atom is 0.234 e. The van der Waals surface area contributed by atoms with Crippen LogP contribution >= 0.6 is 11.8 Å². The van der Waals surface area contributed by atoms with Gasteiger partial charge in [0, 0.05) is 11.7 Å². The quantitative estimate of drug-likeness (QED) is 0.814. The summed E-state index contributed by atoms with van der Waals surface area (Å²) in [6.07, 6.45) is 0. The van der Waals surface area contributed by atoms with Crippen LogP contribution in [0.3, 0.4) is 0 Å². The zero-order chi connectivity index (χ0) is 15.8. The first-order valence-electron chi connectivity index (χ1n) is 7.12. The van der Waals surface area contributed by atoms with Gasteiger partial charge in [-0.2, -0.15) is 0 Å². The van der Waals surface area contributed by atoms with Crippen LogP contribution in [-0.2, 0) is 9.59 Å². The van der Waals surface area contributed by atoms with Crippen LogP contribution in [0.4, 0.5) is 5.69 Å². The van der Waals surface area contributed by atoms with Crippen LogP contribution in [0.5, 0.6) is 0 Å². The summed E-state index contributed by atoms with van der Waals surface area (Å²) in [5.41, 5.74) is 1.89. The minimum absolute atomic E-state index is 0.0236. The van der Waals surface area contributed by atoms with Crippen LogP contribution in [0.15, 0.2) is 24.3 Å². The number of benzene rings is 1. The second-order valence-corrected chi connectivity index (χ2v) is 6.50. The topological polar surface area (TPSA) is 58.2 Å². The largest absolute Gasteiger partial charge is 0.353 e. The van der Waals surface area contributed by atoms with Crippen LogP contribution in [0.1, 0.15) is 26.3 Å². The minimum Gasteiger partial charge on any atom is -0.353 e. The van der Waals surface area contributed by atoms with Crippen LogP contribution in [0.25, 0.3) is 0 Å². The van der Waals surface area contributed by atoms with Crippen molar-refractivity contribution in [3.8, 4) is 0 Å². The Morgan fingerprint density at radius 3 is 2.43 bits per heavy atom. The molecule has 1 aromatic carbocycles. The maximum atomic E-state index is 11.8. The van der Waals surface area contributed by atoms with Crippen molar-refractivity contribution in [1.82, 2.24) is 5.32 Å². The van der Waals surface area contributed by atoms with Crippen LogP contribution in [-0.4, -0.2) is 29.4 Å². The van der Waals surface area contributed by atoms with Gasteiger partial charge in [-0.25, -0.2) is 0 Å². The molecule has 2 amide bonds. The number of rotatable bonds is 7. The van der Waals surface area contributed by atoms with Crippen molar-refractivity contribution in [1.29, 1.82) is 0 Å². The normalized spacial score (nSPS) is 12.0. The van der Waals surface area contributed by atoms with Gasteiger partial charge in [0.25, 0.3) is 0 Å². The zero-order valence-electron chi connectivity index (χ0n) is 13.1. The summed E-state index contributed by atoms with van der Waals surface area (Å²) in [4.78, 5) is 23.5. The fourth-order valence-corrected chi connectivity index (χ4v) is 2.25. The molecule has 116 valence electrons. The lowest BCUT2D eigenvalue weighted by Gasteiger charge is -2.17. The number of hydrogen-bond acceptors (Lipinski definition) is 3. The van der Waals surface area contributed by atoms with Gasteiger partial charge in [-0.05, 0) is 37.5 Å². The molecule has 2 N–H and O–H groups in total. The molecule has 0 aliphatic rings. The molecule has 0 aromatic heterocycles. The van der Waals surface area contributed by atoms with Crippen LogP contribution in [0.2, 0.25) is 0 Å². The summed E-state index contributed by atoms with van der Waals surface area (Å²) < 4.78 is 0. The summed E-state index contributed by atoms with van der Waals surface area (Å²) in [5.74, 6) is 0.874. The summed E-state index contributed by atoms with van der Waals surface area (Å²) in [6.45, 7) is 8.09. The standard InChI is InChI=1S/C16H24N2O2S/c1-11(2)13(4)17-15(19)9-21-10-16(20)18-14-7-5-6-12(3)8-14/h5-8,11,13H,9-10H2,1-4H3,(H,17,19)(H,18,20). The van der Waals surface area contributed by atoms with Gasteiger partial charge in [-0.1, -0.05) is 26.0 Å². The third-order valence-corrected chi connectivity index (χ3v) is 4.09. The number of hydrogen-bond donors (Lipinski definition) is 2. The second kappa shape index (κ2) is 8.72. The van der Waals surface area contributed by atoms with Gasteiger partial charge in [0.1, 0.15) is 0 Å². The molecular formula is C16H24N2O2S. The number of aryl methyl sites for hydroxylation is 1. The number of anilines is 1. The van der Waals surface area contributed by atoms with E-state index in [0.717, 1.165) is 11.3 Å². The van der Waals surface area contributed by atoms with Crippen molar-refractivity contribution in [2.75, 3.05) is 16.8 Å². The number of thioether (sulfide) groups is 1. The average molecular weight is 308 g/mol. The highest BCUT2D eigenvalue weighted by Crippen LogP contribution is 2.10. The predicted molar refractivity (Wildman–Crippen MR) is 89.6 cm³/mol. The summed E-state index contributed by atoms with van der Waals surface area (Å²) >= 11 is 1.32. The Morgan fingerprint density at radius 1 is 1.14 bits per heavy atom. The van der Waals surface area contributed by atoms with Crippen molar-refractivity contribution in [2.24, 2.45) is 5.92 Å². The Hall–Kier alpha value is -1.49. The van der Waals surface area contributed by atoms with E-state index in [1.165, 1.54) is 11.8 Å². The molecule has 0 heterocycles. The molecule has 1 atom stereocenters. The predicted octanol–water partition coefficient (Wildman–Crippen LogP) is 2.83. The van der Waals surface area contributed by atoms with E-state index in [0.29, 0.717) is 11.7 Å². The number of carbonyl (C=O) groups is 2. The molecule has 5 heteroatoms. The first-order valence-corrected chi connectivity index (χ1v) is 8.27. The lowest BCUT2D eigenvalue weighted by Crippen LogP contribution is -2.37. The highest BCUT2D eigenvalue weighted by molar-refractivity contribution is 8.00. The first kappa shape index (κ1) is 17.6. The molecule has 21 heavy (non-hydrogen) atoms. The zero-order valence-corrected chi connectivity index (χ0v) is 13.9. The van der Waals surface area contributed by atoms with Crippen molar-refractivity contribution >= 4 is 29.3 Å². The van der Waals surface area contributed by atoms with Gasteiger partial charge in [-0.3, -0.25) is 9.59 Å². The van der Waals surface area contributed by atoms with E-state index in [4.69, 9.17) is 0 Å². The first-order chi connectivity index (χ1) is 9.88. The molecule has 0 aliphatic carbocycles. The van der Waals surface area contributed by atoms with Crippen LogP contribution in [0, 0.1) is 12.8 Å². The molecule has 0 bridgehead atoms. The number of nitrogens with one attached hydrogen (secondary N) is 2. The molecular weight excluding hydrogens is 284 g/mol. The van der Waals surface area contributed by atoms with Gasteiger partial charge in [0.15, 0.2) is 0 Å². The Balaban J connectivity index is 2.26. The van der Waals surface area contributed by atoms with E-state index >= 15 is 0 Å².